The maximum atomic E-state index is 12.8. The van der Waals surface area contributed by atoms with Crippen molar-refractivity contribution in [2.75, 3.05) is 11.9 Å². The van der Waals surface area contributed by atoms with Crippen LogP contribution in [-0.2, 0) is 9.53 Å². The van der Waals surface area contributed by atoms with Crippen LogP contribution in [0.5, 0.6) is 0 Å². The van der Waals surface area contributed by atoms with Gasteiger partial charge in [-0.05, 0) is 36.3 Å². The molecule has 0 radical (unpaired) electrons. The molecule has 0 spiro atoms. The Morgan fingerprint density at radius 3 is 2.45 bits per heavy atom. The molecule has 1 amide bonds. The molecular formula is C26H20N2O3. The second-order valence-corrected chi connectivity index (χ2v) is 7.32. The molecule has 0 fully saturated rings. The first-order chi connectivity index (χ1) is 15.2. The number of amides is 1. The van der Waals surface area contributed by atoms with E-state index in [-0.39, 0.29) is 5.91 Å². The van der Waals surface area contributed by atoms with Gasteiger partial charge >= 0.3 is 5.97 Å². The van der Waals surface area contributed by atoms with Crippen molar-refractivity contribution in [1.82, 2.24) is 4.98 Å². The molecule has 0 atom stereocenters. The Balaban J connectivity index is 1.64. The summed E-state index contributed by atoms with van der Waals surface area (Å²) in [5, 5.41) is 4.56. The van der Waals surface area contributed by atoms with Crippen molar-refractivity contribution in [3.05, 3.63) is 89.7 Å². The number of hydrogen-bond donors (Lipinski definition) is 2. The van der Waals surface area contributed by atoms with E-state index in [1.54, 1.807) is 13.0 Å². The molecular weight excluding hydrogens is 388 g/mol. The van der Waals surface area contributed by atoms with Gasteiger partial charge in [-0.3, -0.25) is 4.79 Å². The average molecular weight is 408 g/mol. The molecule has 4 aromatic rings. The zero-order chi connectivity index (χ0) is 21.4. The highest BCUT2D eigenvalue weighted by atomic mass is 16.5. The Morgan fingerprint density at radius 2 is 1.68 bits per heavy atom. The number of benzene rings is 3. The molecule has 3 aromatic carbocycles. The van der Waals surface area contributed by atoms with Crippen LogP contribution in [0.3, 0.4) is 0 Å². The first-order valence-electron chi connectivity index (χ1n) is 10.2. The number of esters is 1. The van der Waals surface area contributed by atoms with E-state index in [2.05, 4.69) is 10.3 Å². The highest BCUT2D eigenvalue weighted by molar-refractivity contribution is 6.35. The molecule has 5 nitrogen and oxygen atoms in total. The van der Waals surface area contributed by atoms with Crippen molar-refractivity contribution in [2.24, 2.45) is 0 Å². The number of rotatable bonds is 4. The molecule has 1 aromatic heterocycles. The fraction of sp³-hybridized carbons (Fsp3) is 0.0769. The summed E-state index contributed by atoms with van der Waals surface area (Å²) >= 11 is 0. The summed E-state index contributed by atoms with van der Waals surface area (Å²) in [7, 11) is 0. The number of anilines is 1. The summed E-state index contributed by atoms with van der Waals surface area (Å²) in [5.41, 5.74) is 5.36. The largest absolute Gasteiger partial charge is 0.461 e. The van der Waals surface area contributed by atoms with E-state index < -0.39 is 5.97 Å². The van der Waals surface area contributed by atoms with E-state index >= 15 is 0 Å². The van der Waals surface area contributed by atoms with Crippen LogP contribution in [-0.4, -0.2) is 23.5 Å². The SMILES string of the molecule is CCOC(=O)c1[nH]c(C=C2C(=O)Nc3ccc(-c4ccccc4)cc32)c2ccccc12. The Hall–Kier alpha value is -4.12. The van der Waals surface area contributed by atoms with E-state index in [1.165, 1.54) is 0 Å². The lowest BCUT2D eigenvalue weighted by Crippen LogP contribution is -2.05. The van der Waals surface area contributed by atoms with Crippen molar-refractivity contribution in [2.45, 2.75) is 6.92 Å². The molecule has 152 valence electrons. The van der Waals surface area contributed by atoms with E-state index in [4.69, 9.17) is 4.74 Å². The minimum Gasteiger partial charge on any atom is -0.461 e. The second kappa shape index (κ2) is 7.61. The number of H-pyrrole nitrogens is 1. The quantitative estimate of drug-likeness (QED) is 0.346. The summed E-state index contributed by atoms with van der Waals surface area (Å²) in [4.78, 5) is 28.4. The third-order valence-electron chi connectivity index (χ3n) is 5.42. The first-order valence-corrected chi connectivity index (χ1v) is 10.2. The van der Waals surface area contributed by atoms with Gasteiger partial charge in [0.2, 0.25) is 0 Å². The van der Waals surface area contributed by atoms with Crippen LogP contribution in [0, 0.1) is 0 Å². The minimum absolute atomic E-state index is 0.170. The lowest BCUT2D eigenvalue weighted by Gasteiger charge is -2.05. The van der Waals surface area contributed by atoms with Crippen molar-refractivity contribution in [3.8, 4) is 11.1 Å². The second-order valence-electron chi connectivity index (χ2n) is 7.32. The summed E-state index contributed by atoms with van der Waals surface area (Å²) in [5.74, 6) is -0.581. The van der Waals surface area contributed by atoms with Gasteiger partial charge in [-0.1, -0.05) is 60.7 Å². The van der Waals surface area contributed by atoms with Crippen molar-refractivity contribution in [1.29, 1.82) is 0 Å². The minimum atomic E-state index is -0.411. The normalized spacial score (nSPS) is 14.0. The van der Waals surface area contributed by atoms with Gasteiger partial charge in [0.1, 0.15) is 5.69 Å². The predicted molar refractivity (Wildman–Crippen MR) is 123 cm³/mol. The maximum Gasteiger partial charge on any atom is 0.355 e. The molecule has 0 saturated heterocycles. The molecule has 2 N–H and O–H groups in total. The molecule has 2 heterocycles. The monoisotopic (exact) mass is 408 g/mol. The topological polar surface area (TPSA) is 71.2 Å². The van der Waals surface area contributed by atoms with Gasteiger partial charge in [-0.25, -0.2) is 4.79 Å². The lowest BCUT2D eigenvalue weighted by atomic mass is 9.98. The van der Waals surface area contributed by atoms with E-state index in [0.717, 1.165) is 33.2 Å². The average Bonchev–Trinajstić information content (AvgIpc) is 3.32. The Bertz CT molecular complexity index is 1350. The van der Waals surface area contributed by atoms with Crippen LogP contribution < -0.4 is 5.32 Å². The highest BCUT2D eigenvalue weighted by Gasteiger charge is 2.26. The highest BCUT2D eigenvalue weighted by Crippen LogP contribution is 2.37. The molecule has 31 heavy (non-hydrogen) atoms. The first kappa shape index (κ1) is 18.9. The number of aromatic amines is 1. The molecule has 1 aliphatic heterocycles. The third-order valence-corrected chi connectivity index (χ3v) is 5.42. The fourth-order valence-electron chi connectivity index (χ4n) is 3.97. The van der Waals surface area contributed by atoms with Crippen molar-refractivity contribution >= 4 is 40.0 Å². The Morgan fingerprint density at radius 1 is 0.935 bits per heavy atom. The van der Waals surface area contributed by atoms with Crippen LogP contribution in [0.2, 0.25) is 0 Å². The summed E-state index contributed by atoms with van der Waals surface area (Å²) in [6, 6.07) is 23.6. The number of hydrogen-bond acceptors (Lipinski definition) is 3. The number of fused-ring (bicyclic) bond motifs is 2. The van der Waals surface area contributed by atoms with Gasteiger partial charge in [0.25, 0.3) is 5.91 Å². The summed E-state index contributed by atoms with van der Waals surface area (Å²) in [6.45, 7) is 2.07. The zero-order valence-electron chi connectivity index (χ0n) is 16.9. The van der Waals surface area contributed by atoms with Crippen molar-refractivity contribution in [3.63, 3.8) is 0 Å². The van der Waals surface area contributed by atoms with Gasteiger partial charge in [0.15, 0.2) is 0 Å². The van der Waals surface area contributed by atoms with Crippen LogP contribution in [0.1, 0.15) is 28.7 Å². The molecule has 0 bridgehead atoms. The molecule has 0 aliphatic carbocycles. The molecule has 1 aliphatic rings. The zero-order valence-corrected chi connectivity index (χ0v) is 16.9. The summed E-state index contributed by atoms with van der Waals surface area (Å²) < 4.78 is 5.19. The number of ether oxygens (including phenoxy) is 1. The van der Waals surface area contributed by atoms with Gasteiger partial charge in [0.05, 0.1) is 12.2 Å². The van der Waals surface area contributed by atoms with E-state index in [1.807, 2.05) is 72.8 Å². The number of carbonyl (C=O) groups excluding carboxylic acids is 2. The number of nitrogens with one attached hydrogen (secondary N) is 2. The van der Waals surface area contributed by atoms with Crippen LogP contribution >= 0.6 is 0 Å². The smallest absolute Gasteiger partial charge is 0.355 e. The lowest BCUT2D eigenvalue weighted by molar-refractivity contribution is -0.110. The predicted octanol–water partition coefficient (Wildman–Crippen LogP) is 5.50. The number of aromatic nitrogens is 1. The number of carbonyl (C=O) groups is 2. The maximum absolute atomic E-state index is 12.8. The van der Waals surface area contributed by atoms with Crippen LogP contribution in [0.4, 0.5) is 5.69 Å². The van der Waals surface area contributed by atoms with E-state index in [0.29, 0.717) is 23.6 Å². The molecule has 0 unspecified atom stereocenters. The van der Waals surface area contributed by atoms with Gasteiger partial charge < -0.3 is 15.0 Å². The Labute approximate surface area is 179 Å². The van der Waals surface area contributed by atoms with Crippen LogP contribution in [0.25, 0.3) is 33.5 Å². The van der Waals surface area contributed by atoms with Crippen molar-refractivity contribution < 1.29 is 14.3 Å². The Kier molecular flexibility index (Phi) is 4.64. The fourth-order valence-corrected chi connectivity index (χ4v) is 3.97. The molecule has 0 saturated carbocycles. The van der Waals surface area contributed by atoms with Gasteiger partial charge in [-0.2, -0.15) is 0 Å². The van der Waals surface area contributed by atoms with Gasteiger partial charge in [0, 0.05) is 27.7 Å². The molecule has 5 rings (SSSR count). The van der Waals surface area contributed by atoms with Gasteiger partial charge in [-0.15, -0.1) is 0 Å². The summed E-state index contributed by atoms with van der Waals surface area (Å²) in [6.07, 6.45) is 1.81. The van der Waals surface area contributed by atoms with E-state index in [9.17, 15) is 9.59 Å². The van der Waals surface area contributed by atoms with Crippen LogP contribution in [0.15, 0.2) is 72.8 Å². The third kappa shape index (κ3) is 3.30. The molecule has 5 heteroatoms. The standard InChI is InChI=1S/C26H20N2O3/c1-2-31-26(30)24-19-11-7-6-10-18(19)23(27-24)15-21-20-14-17(16-8-4-3-5-9-16)12-13-22(20)28-25(21)29/h3-15,27H,2H2,1H3,(H,28,29).